The molecule has 114 valence electrons. The molecule has 0 aromatic rings. The van der Waals surface area contributed by atoms with Crippen molar-refractivity contribution >= 4 is 5.96 Å². The fourth-order valence-corrected chi connectivity index (χ4v) is 1.40. The summed E-state index contributed by atoms with van der Waals surface area (Å²) in [6, 6.07) is 0. The molecular formula is C12H24F3N3O. The molecule has 19 heavy (non-hydrogen) atoms. The van der Waals surface area contributed by atoms with Gasteiger partial charge in [0.2, 0.25) is 0 Å². The molecule has 0 saturated carbocycles. The second kappa shape index (κ2) is 10.9. The molecular weight excluding hydrogens is 259 g/mol. The zero-order valence-corrected chi connectivity index (χ0v) is 11.6. The van der Waals surface area contributed by atoms with Gasteiger partial charge in [0.15, 0.2) is 5.96 Å². The lowest BCUT2D eigenvalue weighted by Crippen LogP contribution is -2.38. The Bertz CT molecular complexity index is 245. The SMILES string of the molecule is CCOCCCNC(=NC)NCCCCC(F)(F)F. The second-order valence-corrected chi connectivity index (χ2v) is 4.05. The van der Waals surface area contributed by atoms with Crippen molar-refractivity contribution in [2.45, 2.75) is 38.8 Å². The van der Waals surface area contributed by atoms with Gasteiger partial charge in [0.25, 0.3) is 0 Å². The number of guanidine groups is 1. The average Bonchev–Trinajstić information content (AvgIpc) is 2.34. The number of rotatable bonds is 9. The van der Waals surface area contributed by atoms with Gasteiger partial charge in [-0.05, 0) is 26.2 Å². The van der Waals surface area contributed by atoms with E-state index in [2.05, 4.69) is 15.6 Å². The maximum atomic E-state index is 11.9. The van der Waals surface area contributed by atoms with E-state index in [4.69, 9.17) is 4.74 Å². The maximum Gasteiger partial charge on any atom is 0.389 e. The molecule has 0 aromatic heterocycles. The third kappa shape index (κ3) is 13.3. The van der Waals surface area contributed by atoms with Crippen LogP contribution >= 0.6 is 0 Å². The van der Waals surface area contributed by atoms with Gasteiger partial charge in [0.1, 0.15) is 0 Å². The number of halogens is 3. The van der Waals surface area contributed by atoms with Crippen LogP contribution in [0.25, 0.3) is 0 Å². The van der Waals surface area contributed by atoms with Crippen LogP contribution in [-0.2, 0) is 4.74 Å². The van der Waals surface area contributed by atoms with Crippen LogP contribution in [0.3, 0.4) is 0 Å². The monoisotopic (exact) mass is 283 g/mol. The quantitative estimate of drug-likeness (QED) is 0.388. The summed E-state index contributed by atoms with van der Waals surface area (Å²) in [6.45, 7) is 4.54. The molecule has 0 unspecified atom stereocenters. The highest BCUT2D eigenvalue weighted by atomic mass is 19.4. The molecule has 0 aromatic carbocycles. The van der Waals surface area contributed by atoms with Crippen LogP contribution in [0, 0.1) is 0 Å². The van der Waals surface area contributed by atoms with Crippen molar-refractivity contribution in [3.05, 3.63) is 0 Å². The number of unbranched alkanes of at least 4 members (excludes halogenated alkanes) is 1. The van der Waals surface area contributed by atoms with E-state index in [1.54, 1.807) is 7.05 Å². The zero-order valence-electron chi connectivity index (χ0n) is 11.6. The summed E-state index contributed by atoms with van der Waals surface area (Å²) in [7, 11) is 1.63. The van der Waals surface area contributed by atoms with Gasteiger partial charge >= 0.3 is 6.18 Å². The Balaban J connectivity index is 3.50. The van der Waals surface area contributed by atoms with Crippen LogP contribution in [0.2, 0.25) is 0 Å². The van der Waals surface area contributed by atoms with Crippen LogP contribution in [0.15, 0.2) is 4.99 Å². The summed E-state index contributed by atoms with van der Waals surface area (Å²) in [4.78, 5) is 3.98. The predicted molar refractivity (Wildman–Crippen MR) is 70.4 cm³/mol. The van der Waals surface area contributed by atoms with Gasteiger partial charge in [-0.15, -0.1) is 0 Å². The number of alkyl halides is 3. The summed E-state index contributed by atoms with van der Waals surface area (Å²) in [5.41, 5.74) is 0. The summed E-state index contributed by atoms with van der Waals surface area (Å²) in [6.07, 6.45) is -3.31. The first-order valence-electron chi connectivity index (χ1n) is 6.58. The lowest BCUT2D eigenvalue weighted by molar-refractivity contribution is -0.135. The van der Waals surface area contributed by atoms with Crippen LogP contribution in [-0.4, -0.2) is 45.5 Å². The highest BCUT2D eigenvalue weighted by molar-refractivity contribution is 5.79. The first-order chi connectivity index (χ1) is 8.99. The molecule has 0 spiro atoms. The minimum absolute atomic E-state index is 0.137. The lowest BCUT2D eigenvalue weighted by atomic mass is 10.2. The van der Waals surface area contributed by atoms with E-state index in [0.717, 1.165) is 13.0 Å². The van der Waals surface area contributed by atoms with Crippen molar-refractivity contribution < 1.29 is 17.9 Å². The van der Waals surface area contributed by atoms with Crippen molar-refractivity contribution in [1.29, 1.82) is 0 Å². The summed E-state index contributed by atoms with van der Waals surface area (Å²) in [5.74, 6) is 0.614. The molecule has 0 saturated heterocycles. The minimum Gasteiger partial charge on any atom is -0.382 e. The average molecular weight is 283 g/mol. The van der Waals surface area contributed by atoms with Gasteiger partial charge in [0, 0.05) is 39.8 Å². The van der Waals surface area contributed by atoms with E-state index in [-0.39, 0.29) is 6.42 Å². The molecule has 0 aliphatic heterocycles. The first-order valence-corrected chi connectivity index (χ1v) is 6.58. The van der Waals surface area contributed by atoms with Gasteiger partial charge in [-0.3, -0.25) is 4.99 Å². The van der Waals surface area contributed by atoms with Gasteiger partial charge < -0.3 is 15.4 Å². The molecule has 0 rings (SSSR count). The maximum absolute atomic E-state index is 11.9. The van der Waals surface area contributed by atoms with Crippen molar-refractivity contribution in [3.8, 4) is 0 Å². The lowest BCUT2D eigenvalue weighted by Gasteiger charge is -2.12. The fourth-order valence-electron chi connectivity index (χ4n) is 1.40. The molecule has 4 nitrogen and oxygen atoms in total. The van der Waals surface area contributed by atoms with Crippen LogP contribution in [0.1, 0.15) is 32.6 Å². The molecule has 0 aliphatic carbocycles. The van der Waals surface area contributed by atoms with E-state index < -0.39 is 12.6 Å². The normalized spacial score (nSPS) is 12.6. The number of aliphatic imine (C=N–C) groups is 1. The molecule has 0 atom stereocenters. The topological polar surface area (TPSA) is 45.6 Å². The molecule has 0 bridgehead atoms. The third-order valence-corrected chi connectivity index (χ3v) is 2.37. The van der Waals surface area contributed by atoms with E-state index in [9.17, 15) is 13.2 Å². The van der Waals surface area contributed by atoms with E-state index in [0.29, 0.717) is 32.1 Å². The molecule has 0 aliphatic rings. The largest absolute Gasteiger partial charge is 0.389 e. The van der Waals surface area contributed by atoms with Crippen molar-refractivity contribution in [3.63, 3.8) is 0 Å². The Kier molecular flexibility index (Phi) is 10.3. The number of nitrogens with zero attached hydrogens (tertiary/aromatic N) is 1. The standard InChI is InChI=1S/C12H24F3N3O/c1-3-19-10-6-9-18-11(16-2)17-8-5-4-7-12(13,14)15/h3-10H2,1-2H3,(H2,16,17,18). The van der Waals surface area contributed by atoms with Gasteiger partial charge in [0.05, 0.1) is 0 Å². The number of hydrogen-bond acceptors (Lipinski definition) is 2. The summed E-state index contributed by atoms with van der Waals surface area (Å²) in [5, 5.41) is 6.05. The minimum atomic E-state index is -4.06. The Hall–Kier alpha value is -0.980. The van der Waals surface area contributed by atoms with E-state index in [1.165, 1.54) is 0 Å². The first kappa shape index (κ1) is 18.0. The fraction of sp³-hybridized carbons (Fsp3) is 0.917. The highest BCUT2D eigenvalue weighted by Gasteiger charge is 2.25. The van der Waals surface area contributed by atoms with E-state index in [1.807, 2.05) is 6.92 Å². The summed E-state index contributed by atoms with van der Waals surface area (Å²) < 4.78 is 40.9. The van der Waals surface area contributed by atoms with Crippen LogP contribution in [0.5, 0.6) is 0 Å². The number of ether oxygens (including phenoxy) is 1. The summed E-state index contributed by atoms with van der Waals surface area (Å²) >= 11 is 0. The molecule has 0 heterocycles. The van der Waals surface area contributed by atoms with Gasteiger partial charge in [-0.25, -0.2) is 0 Å². The van der Waals surface area contributed by atoms with Crippen molar-refractivity contribution in [2.75, 3.05) is 33.4 Å². The van der Waals surface area contributed by atoms with Crippen molar-refractivity contribution in [2.24, 2.45) is 4.99 Å². The molecule has 0 fully saturated rings. The van der Waals surface area contributed by atoms with Gasteiger partial charge in [-0.2, -0.15) is 13.2 Å². The highest BCUT2D eigenvalue weighted by Crippen LogP contribution is 2.21. The Morgan fingerprint density at radius 1 is 1.11 bits per heavy atom. The zero-order chi connectivity index (χ0) is 14.6. The molecule has 0 amide bonds. The third-order valence-electron chi connectivity index (χ3n) is 2.37. The van der Waals surface area contributed by atoms with Crippen LogP contribution in [0.4, 0.5) is 13.2 Å². The number of nitrogens with one attached hydrogen (secondary N) is 2. The van der Waals surface area contributed by atoms with Crippen LogP contribution < -0.4 is 10.6 Å². The Morgan fingerprint density at radius 3 is 2.26 bits per heavy atom. The Labute approximate surface area is 112 Å². The Morgan fingerprint density at radius 2 is 1.74 bits per heavy atom. The smallest absolute Gasteiger partial charge is 0.382 e. The molecule has 7 heteroatoms. The van der Waals surface area contributed by atoms with Crippen molar-refractivity contribution in [1.82, 2.24) is 10.6 Å². The predicted octanol–water partition coefficient (Wildman–Crippen LogP) is 2.31. The van der Waals surface area contributed by atoms with Gasteiger partial charge in [-0.1, -0.05) is 0 Å². The molecule has 0 radical (unpaired) electrons. The van der Waals surface area contributed by atoms with E-state index >= 15 is 0 Å². The molecule has 2 N–H and O–H groups in total. The second-order valence-electron chi connectivity index (χ2n) is 4.05. The number of hydrogen-bond donors (Lipinski definition) is 2.